The number of nitrogens with zero attached hydrogens (tertiary/aromatic N) is 3. The van der Waals surface area contributed by atoms with Crippen LogP contribution >= 0.6 is 0 Å². The first-order chi connectivity index (χ1) is 8.26. The van der Waals surface area contributed by atoms with Gasteiger partial charge in [0.2, 0.25) is 5.95 Å². The van der Waals surface area contributed by atoms with E-state index in [2.05, 4.69) is 46.6 Å². The molecule has 2 N–H and O–H groups in total. The second-order valence-electron chi connectivity index (χ2n) is 4.25. The second-order valence-corrected chi connectivity index (χ2v) is 4.25. The molecule has 1 heterocycles. The van der Waals surface area contributed by atoms with Crippen LogP contribution in [0, 0.1) is 0 Å². The van der Waals surface area contributed by atoms with Crippen molar-refractivity contribution in [1.29, 1.82) is 0 Å². The van der Waals surface area contributed by atoms with Gasteiger partial charge in [-0.05, 0) is 19.8 Å². The number of anilines is 2. The highest BCUT2D eigenvalue weighted by Crippen LogP contribution is 2.06. The first-order valence-electron chi connectivity index (χ1n) is 6.46. The van der Waals surface area contributed by atoms with Gasteiger partial charge in [0.05, 0.1) is 6.20 Å². The van der Waals surface area contributed by atoms with Crippen molar-refractivity contribution in [3.63, 3.8) is 0 Å². The molecular formula is C12H23N5. The highest BCUT2D eigenvalue weighted by atomic mass is 15.3. The van der Waals surface area contributed by atoms with Gasteiger partial charge in [-0.3, -0.25) is 0 Å². The van der Waals surface area contributed by atoms with Crippen molar-refractivity contribution in [2.45, 2.75) is 52.5 Å². The van der Waals surface area contributed by atoms with Crippen LogP contribution in [0.2, 0.25) is 0 Å². The monoisotopic (exact) mass is 237 g/mol. The molecule has 96 valence electrons. The minimum atomic E-state index is 0.402. The summed E-state index contributed by atoms with van der Waals surface area (Å²) < 4.78 is 0. The summed E-state index contributed by atoms with van der Waals surface area (Å²) in [6, 6.07) is 0.402. The third kappa shape index (κ3) is 5.47. The van der Waals surface area contributed by atoms with Crippen LogP contribution in [0.25, 0.3) is 0 Å². The van der Waals surface area contributed by atoms with Gasteiger partial charge in [-0.2, -0.15) is 10.1 Å². The third-order valence-electron chi connectivity index (χ3n) is 2.63. The molecule has 0 aliphatic carbocycles. The van der Waals surface area contributed by atoms with E-state index < -0.39 is 0 Å². The number of unbranched alkanes of at least 4 members (excludes halogenated alkanes) is 2. The Labute approximate surface area is 103 Å². The first-order valence-corrected chi connectivity index (χ1v) is 6.46. The van der Waals surface area contributed by atoms with Crippen LogP contribution in [0.5, 0.6) is 0 Å². The van der Waals surface area contributed by atoms with E-state index in [1.54, 1.807) is 6.20 Å². The molecule has 0 bridgehead atoms. The summed E-state index contributed by atoms with van der Waals surface area (Å²) in [6.45, 7) is 7.35. The van der Waals surface area contributed by atoms with Crippen LogP contribution in [0.4, 0.5) is 11.8 Å². The highest BCUT2D eigenvalue weighted by Gasteiger charge is 2.02. The van der Waals surface area contributed by atoms with Crippen LogP contribution in [0.15, 0.2) is 6.20 Å². The fraction of sp³-hybridized carbons (Fsp3) is 0.750. The van der Waals surface area contributed by atoms with Crippen LogP contribution in [-0.2, 0) is 0 Å². The van der Waals surface area contributed by atoms with Crippen molar-refractivity contribution in [1.82, 2.24) is 15.2 Å². The van der Waals surface area contributed by atoms with Crippen molar-refractivity contribution in [2.24, 2.45) is 0 Å². The molecule has 1 unspecified atom stereocenters. The minimum absolute atomic E-state index is 0.402. The molecule has 0 saturated carbocycles. The SMILES string of the molecule is CCCCCNc1nncc(NC(C)CC)n1. The van der Waals surface area contributed by atoms with Gasteiger partial charge in [0.25, 0.3) is 0 Å². The maximum atomic E-state index is 4.36. The summed E-state index contributed by atoms with van der Waals surface area (Å²) in [6.07, 6.45) is 6.30. The molecular weight excluding hydrogens is 214 g/mol. The van der Waals surface area contributed by atoms with Gasteiger partial charge in [0, 0.05) is 12.6 Å². The minimum Gasteiger partial charge on any atom is -0.366 e. The molecule has 1 atom stereocenters. The molecule has 1 rings (SSSR count). The third-order valence-corrected chi connectivity index (χ3v) is 2.63. The van der Waals surface area contributed by atoms with Gasteiger partial charge in [-0.15, -0.1) is 5.10 Å². The Hall–Kier alpha value is -1.39. The van der Waals surface area contributed by atoms with Crippen LogP contribution in [0.1, 0.15) is 46.5 Å². The van der Waals surface area contributed by atoms with E-state index in [1.165, 1.54) is 12.8 Å². The molecule has 0 aliphatic heterocycles. The van der Waals surface area contributed by atoms with E-state index in [1.807, 2.05) is 0 Å². The molecule has 17 heavy (non-hydrogen) atoms. The number of nitrogens with one attached hydrogen (secondary N) is 2. The number of hydrogen-bond acceptors (Lipinski definition) is 5. The van der Waals surface area contributed by atoms with Gasteiger partial charge < -0.3 is 10.6 Å². The lowest BCUT2D eigenvalue weighted by Gasteiger charge is -2.12. The quantitative estimate of drug-likeness (QED) is 0.681. The Morgan fingerprint density at radius 3 is 2.82 bits per heavy atom. The Morgan fingerprint density at radius 1 is 1.29 bits per heavy atom. The predicted octanol–water partition coefficient (Wildman–Crippen LogP) is 2.68. The smallest absolute Gasteiger partial charge is 0.244 e. The van der Waals surface area contributed by atoms with E-state index in [4.69, 9.17) is 0 Å². The maximum Gasteiger partial charge on any atom is 0.244 e. The summed E-state index contributed by atoms with van der Waals surface area (Å²) >= 11 is 0. The largest absolute Gasteiger partial charge is 0.366 e. The average Bonchev–Trinajstić information content (AvgIpc) is 2.35. The zero-order chi connectivity index (χ0) is 12.5. The van der Waals surface area contributed by atoms with Gasteiger partial charge in [-0.25, -0.2) is 0 Å². The molecule has 1 aromatic heterocycles. The van der Waals surface area contributed by atoms with E-state index in [-0.39, 0.29) is 0 Å². The van der Waals surface area contributed by atoms with Gasteiger partial charge in [0.15, 0.2) is 5.82 Å². The summed E-state index contributed by atoms with van der Waals surface area (Å²) in [5, 5.41) is 14.4. The zero-order valence-corrected chi connectivity index (χ0v) is 11.0. The summed E-state index contributed by atoms with van der Waals surface area (Å²) in [5.74, 6) is 1.39. The topological polar surface area (TPSA) is 62.7 Å². The van der Waals surface area contributed by atoms with Gasteiger partial charge >= 0.3 is 0 Å². The standard InChI is InChI=1S/C12H23N5/c1-4-6-7-8-13-12-16-11(9-14-17-12)15-10(3)5-2/h9-10H,4-8H2,1-3H3,(H2,13,15,16,17). The van der Waals surface area contributed by atoms with Gasteiger partial charge in [-0.1, -0.05) is 26.7 Å². The van der Waals surface area contributed by atoms with Gasteiger partial charge in [0.1, 0.15) is 0 Å². The fourth-order valence-electron chi connectivity index (χ4n) is 1.38. The lowest BCUT2D eigenvalue weighted by atomic mass is 10.2. The molecule has 5 nitrogen and oxygen atoms in total. The van der Waals surface area contributed by atoms with Crippen LogP contribution in [0.3, 0.4) is 0 Å². The number of hydrogen-bond donors (Lipinski definition) is 2. The molecule has 1 aromatic rings. The zero-order valence-electron chi connectivity index (χ0n) is 11.0. The van der Waals surface area contributed by atoms with E-state index >= 15 is 0 Å². The molecule has 0 fully saturated rings. The molecule has 0 saturated heterocycles. The summed E-state index contributed by atoms with van der Waals surface area (Å²) in [4.78, 5) is 4.36. The normalized spacial score (nSPS) is 12.2. The van der Waals surface area contributed by atoms with Crippen molar-refractivity contribution < 1.29 is 0 Å². The first kappa shape index (κ1) is 13.7. The molecule has 0 aromatic carbocycles. The van der Waals surface area contributed by atoms with Crippen molar-refractivity contribution in [3.8, 4) is 0 Å². The lowest BCUT2D eigenvalue weighted by Crippen LogP contribution is -2.16. The number of aromatic nitrogens is 3. The van der Waals surface area contributed by atoms with Crippen molar-refractivity contribution >= 4 is 11.8 Å². The Morgan fingerprint density at radius 2 is 2.12 bits per heavy atom. The summed E-state index contributed by atoms with van der Waals surface area (Å²) in [7, 11) is 0. The van der Waals surface area contributed by atoms with E-state index in [9.17, 15) is 0 Å². The Bertz CT molecular complexity index is 316. The average molecular weight is 237 g/mol. The fourth-order valence-corrected chi connectivity index (χ4v) is 1.38. The highest BCUT2D eigenvalue weighted by molar-refractivity contribution is 5.37. The van der Waals surface area contributed by atoms with Crippen molar-refractivity contribution in [2.75, 3.05) is 17.2 Å². The Balaban J connectivity index is 2.42. The lowest BCUT2D eigenvalue weighted by molar-refractivity contribution is 0.735. The molecule has 0 aliphatic rings. The summed E-state index contributed by atoms with van der Waals surface area (Å²) in [5.41, 5.74) is 0. The molecule has 0 spiro atoms. The van der Waals surface area contributed by atoms with E-state index in [0.29, 0.717) is 12.0 Å². The Kier molecular flexibility index (Phi) is 6.29. The van der Waals surface area contributed by atoms with Crippen LogP contribution < -0.4 is 10.6 Å². The predicted molar refractivity (Wildman–Crippen MR) is 71.2 cm³/mol. The number of rotatable bonds is 8. The maximum absolute atomic E-state index is 4.36. The second kappa shape index (κ2) is 7.81. The van der Waals surface area contributed by atoms with Crippen LogP contribution in [-0.4, -0.2) is 27.8 Å². The van der Waals surface area contributed by atoms with Crippen molar-refractivity contribution in [3.05, 3.63) is 6.20 Å². The molecule has 5 heteroatoms. The molecule has 0 radical (unpaired) electrons. The van der Waals surface area contributed by atoms with E-state index in [0.717, 1.165) is 25.2 Å². The molecule has 0 amide bonds.